The molecule has 1 atom stereocenters. The van der Waals surface area contributed by atoms with Gasteiger partial charge in [0.1, 0.15) is 12.6 Å². The smallest absolute Gasteiger partial charge is 0.264 e. The maximum Gasteiger partial charge on any atom is 0.264 e. The van der Waals surface area contributed by atoms with Crippen molar-refractivity contribution >= 4 is 39.1 Å². The molecule has 3 aromatic rings. The van der Waals surface area contributed by atoms with E-state index in [1.165, 1.54) is 17.0 Å². The van der Waals surface area contributed by atoms with Crippen LogP contribution in [-0.4, -0.2) is 44.3 Å². The van der Waals surface area contributed by atoms with Gasteiger partial charge in [-0.25, -0.2) is 8.42 Å². The predicted octanol–water partition coefficient (Wildman–Crippen LogP) is 5.03. The molecular formula is C29H34ClN3O4S. The van der Waals surface area contributed by atoms with Crippen LogP contribution in [0.15, 0.2) is 83.8 Å². The van der Waals surface area contributed by atoms with E-state index in [9.17, 15) is 18.0 Å². The highest BCUT2D eigenvalue weighted by atomic mass is 35.5. The molecule has 0 aliphatic carbocycles. The number of para-hydroxylation sites is 1. The Hall–Kier alpha value is -3.36. The van der Waals surface area contributed by atoms with E-state index in [4.69, 9.17) is 11.6 Å². The standard InChI is InChI=1S/C29H34ClN3O4S/c1-21(2)18-31-29(35)23(4)32(19-24-14-16-25(30)17-15-24)28(34)20-33(27-13-9-8-10-22(27)3)38(36,37)26-11-6-5-7-12-26/h5-17,21,23H,18-20H2,1-4H3,(H,31,35)/t23-/m0/s1. The van der Waals surface area contributed by atoms with Crippen LogP contribution in [0.25, 0.3) is 0 Å². The monoisotopic (exact) mass is 555 g/mol. The van der Waals surface area contributed by atoms with Gasteiger partial charge < -0.3 is 10.2 Å². The fourth-order valence-corrected chi connectivity index (χ4v) is 5.52. The number of halogens is 1. The van der Waals surface area contributed by atoms with E-state index in [0.717, 1.165) is 9.87 Å². The van der Waals surface area contributed by atoms with E-state index >= 15 is 0 Å². The first-order valence-electron chi connectivity index (χ1n) is 12.5. The molecule has 0 heterocycles. The summed E-state index contributed by atoms with van der Waals surface area (Å²) in [6.45, 7) is 7.50. The summed E-state index contributed by atoms with van der Waals surface area (Å²) in [6, 6.07) is 21.1. The molecule has 0 saturated carbocycles. The number of rotatable bonds is 11. The molecule has 0 saturated heterocycles. The van der Waals surface area contributed by atoms with Crippen molar-refractivity contribution in [3.63, 3.8) is 0 Å². The summed E-state index contributed by atoms with van der Waals surface area (Å²) in [5.74, 6) is -0.580. The van der Waals surface area contributed by atoms with Gasteiger partial charge in [-0.3, -0.25) is 13.9 Å². The summed E-state index contributed by atoms with van der Waals surface area (Å²) >= 11 is 6.04. The molecule has 0 unspecified atom stereocenters. The largest absolute Gasteiger partial charge is 0.354 e. The van der Waals surface area contributed by atoms with Crippen LogP contribution >= 0.6 is 11.6 Å². The molecule has 1 N–H and O–H groups in total. The van der Waals surface area contributed by atoms with Crippen molar-refractivity contribution in [2.75, 3.05) is 17.4 Å². The van der Waals surface area contributed by atoms with E-state index in [1.807, 2.05) is 19.9 Å². The lowest BCUT2D eigenvalue weighted by Gasteiger charge is -2.32. The van der Waals surface area contributed by atoms with E-state index in [0.29, 0.717) is 22.8 Å². The Labute approximate surface area is 230 Å². The Morgan fingerprint density at radius 1 is 0.895 bits per heavy atom. The third kappa shape index (κ3) is 7.36. The fourth-order valence-electron chi connectivity index (χ4n) is 3.90. The molecule has 2 amide bonds. The molecule has 0 aliphatic heterocycles. The highest BCUT2D eigenvalue weighted by Gasteiger charge is 2.33. The zero-order chi connectivity index (χ0) is 27.9. The zero-order valence-electron chi connectivity index (χ0n) is 22.1. The molecule has 202 valence electrons. The van der Waals surface area contributed by atoms with Crippen LogP contribution in [0, 0.1) is 12.8 Å². The molecule has 3 aromatic carbocycles. The lowest BCUT2D eigenvalue weighted by atomic mass is 10.1. The van der Waals surface area contributed by atoms with Crippen LogP contribution in [0.2, 0.25) is 5.02 Å². The molecule has 38 heavy (non-hydrogen) atoms. The number of hydrogen-bond donors (Lipinski definition) is 1. The number of anilines is 1. The number of carbonyl (C=O) groups excluding carboxylic acids is 2. The van der Waals surface area contributed by atoms with Crippen LogP contribution in [0.1, 0.15) is 31.9 Å². The minimum absolute atomic E-state index is 0.0722. The van der Waals surface area contributed by atoms with Crippen LogP contribution in [0.3, 0.4) is 0 Å². The number of carbonyl (C=O) groups is 2. The van der Waals surface area contributed by atoms with Gasteiger partial charge in [0.25, 0.3) is 10.0 Å². The van der Waals surface area contributed by atoms with Crippen LogP contribution < -0.4 is 9.62 Å². The molecular weight excluding hydrogens is 522 g/mol. The topological polar surface area (TPSA) is 86.8 Å². The quantitative estimate of drug-likeness (QED) is 0.359. The van der Waals surface area contributed by atoms with E-state index in [2.05, 4.69) is 5.32 Å². The van der Waals surface area contributed by atoms with Gasteiger partial charge in [0.15, 0.2) is 0 Å². The number of nitrogens with zero attached hydrogens (tertiary/aromatic N) is 2. The lowest BCUT2D eigenvalue weighted by molar-refractivity contribution is -0.139. The number of amides is 2. The van der Waals surface area contributed by atoms with Gasteiger partial charge in [-0.15, -0.1) is 0 Å². The molecule has 0 aromatic heterocycles. The van der Waals surface area contributed by atoms with Gasteiger partial charge in [-0.1, -0.05) is 74.0 Å². The molecule has 0 bridgehead atoms. The average molecular weight is 556 g/mol. The van der Waals surface area contributed by atoms with Crippen molar-refractivity contribution in [1.29, 1.82) is 0 Å². The van der Waals surface area contributed by atoms with Crippen LogP contribution in [-0.2, 0) is 26.2 Å². The second-order valence-electron chi connectivity index (χ2n) is 9.57. The first kappa shape index (κ1) is 29.2. The molecule has 0 aliphatic rings. The minimum atomic E-state index is -4.08. The average Bonchev–Trinajstić information content (AvgIpc) is 2.90. The minimum Gasteiger partial charge on any atom is -0.354 e. The maximum absolute atomic E-state index is 13.9. The predicted molar refractivity (Wildman–Crippen MR) is 151 cm³/mol. The fraction of sp³-hybridized carbons (Fsp3) is 0.310. The summed E-state index contributed by atoms with van der Waals surface area (Å²) in [5.41, 5.74) is 1.86. The second kappa shape index (κ2) is 12.9. The molecule has 7 nitrogen and oxygen atoms in total. The van der Waals surface area contributed by atoms with Gasteiger partial charge in [0, 0.05) is 18.1 Å². The SMILES string of the molecule is Cc1ccccc1N(CC(=O)N(Cc1ccc(Cl)cc1)[C@@H](C)C(=O)NCC(C)C)S(=O)(=O)c1ccccc1. The Morgan fingerprint density at radius 3 is 2.11 bits per heavy atom. The van der Waals surface area contributed by atoms with Crippen molar-refractivity contribution in [2.45, 2.75) is 45.2 Å². The van der Waals surface area contributed by atoms with Crippen molar-refractivity contribution in [2.24, 2.45) is 5.92 Å². The second-order valence-corrected chi connectivity index (χ2v) is 11.9. The molecule has 0 fully saturated rings. The third-order valence-corrected chi connectivity index (χ3v) is 8.14. The number of benzene rings is 3. The van der Waals surface area contributed by atoms with Gasteiger partial charge in [0.2, 0.25) is 11.8 Å². The molecule has 3 rings (SSSR count). The van der Waals surface area contributed by atoms with Crippen LogP contribution in [0.5, 0.6) is 0 Å². The van der Waals surface area contributed by atoms with E-state index in [1.54, 1.807) is 74.5 Å². The first-order valence-corrected chi connectivity index (χ1v) is 14.3. The van der Waals surface area contributed by atoms with Gasteiger partial charge in [-0.05, 0) is 61.2 Å². The normalized spacial score (nSPS) is 12.2. The number of sulfonamides is 1. The third-order valence-electron chi connectivity index (χ3n) is 6.11. The zero-order valence-corrected chi connectivity index (χ0v) is 23.7. The first-order chi connectivity index (χ1) is 18.0. The van der Waals surface area contributed by atoms with E-state index in [-0.39, 0.29) is 23.3 Å². The molecule has 9 heteroatoms. The number of nitrogens with one attached hydrogen (secondary N) is 1. The molecule has 0 radical (unpaired) electrons. The Balaban J connectivity index is 2.00. The lowest BCUT2D eigenvalue weighted by Crippen LogP contribution is -2.51. The van der Waals surface area contributed by atoms with Crippen molar-refractivity contribution in [3.05, 3.63) is 95.0 Å². The Morgan fingerprint density at radius 2 is 1.50 bits per heavy atom. The summed E-state index contributed by atoms with van der Waals surface area (Å²) < 4.78 is 28.7. The summed E-state index contributed by atoms with van der Waals surface area (Å²) in [5, 5.41) is 3.43. The summed E-state index contributed by atoms with van der Waals surface area (Å²) in [7, 11) is -4.08. The van der Waals surface area contributed by atoms with Gasteiger partial charge >= 0.3 is 0 Å². The van der Waals surface area contributed by atoms with Crippen molar-refractivity contribution in [1.82, 2.24) is 10.2 Å². The highest BCUT2D eigenvalue weighted by Crippen LogP contribution is 2.27. The van der Waals surface area contributed by atoms with Crippen molar-refractivity contribution in [3.8, 4) is 0 Å². The Bertz CT molecular complexity index is 1350. The number of hydrogen-bond acceptors (Lipinski definition) is 4. The maximum atomic E-state index is 13.9. The van der Waals surface area contributed by atoms with Gasteiger partial charge in [0.05, 0.1) is 10.6 Å². The van der Waals surface area contributed by atoms with Crippen LogP contribution in [0.4, 0.5) is 5.69 Å². The van der Waals surface area contributed by atoms with Gasteiger partial charge in [-0.2, -0.15) is 0 Å². The number of aryl methyl sites for hydroxylation is 1. The van der Waals surface area contributed by atoms with Crippen molar-refractivity contribution < 1.29 is 18.0 Å². The summed E-state index contributed by atoms with van der Waals surface area (Å²) in [6.07, 6.45) is 0. The summed E-state index contributed by atoms with van der Waals surface area (Å²) in [4.78, 5) is 28.4. The van der Waals surface area contributed by atoms with E-state index < -0.39 is 28.5 Å². The Kier molecular flexibility index (Phi) is 9.94. The molecule has 0 spiro atoms. The highest BCUT2D eigenvalue weighted by molar-refractivity contribution is 7.92.